The number of piperidine rings is 1. The number of rotatable bonds is 8. The van der Waals surface area contributed by atoms with Gasteiger partial charge in [0.25, 0.3) is 5.92 Å². The summed E-state index contributed by atoms with van der Waals surface area (Å²) in [4.78, 5) is 27.4. The van der Waals surface area contributed by atoms with E-state index in [1.165, 1.54) is 12.5 Å². The van der Waals surface area contributed by atoms with Crippen LogP contribution in [0.5, 0.6) is 0 Å². The molecule has 200 valence electrons. The Labute approximate surface area is 210 Å². The van der Waals surface area contributed by atoms with Gasteiger partial charge in [0.1, 0.15) is 17.2 Å². The molecule has 9 heteroatoms. The van der Waals surface area contributed by atoms with Crippen LogP contribution >= 0.6 is 0 Å². The molecule has 0 bridgehead atoms. The number of likely N-dealkylation sites (tertiary alicyclic amines) is 2. The lowest BCUT2D eigenvalue weighted by molar-refractivity contribution is -0.165. The predicted octanol–water partition coefficient (Wildman–Crippen LogP) is 5.45. The van der Waals surface area contributed by atoms with Crippen molar-refractivity contribution in [3.63, 3.8) is 0 Å². The van der Waals surface area contributed by atoms with Gasteiger partial charge in [0.05, 0.1) is 26.1 Å². The van der Waals surface area contributed by atoms with E-state index >= 15 is 0 Å². The number of carbonyl (C=O) groups excluding carboxylic acids is 2. The Morgan fingerprint density at radius 1 is 1.14 bits per heavy atom. The molecule has 36 heavy (non-hydrogen) atoms. The van der Waals surface area contributed by atoms with E-state index in [1.807, 2.05) is 18.7 Å². The van der Waals surface area contributed by atoms with Gasteiger partial charge in [0.15, 0.2) is 0 Å². The molecule has 2 saturated heterocycles. The Kier molecular flexibility index (Phi) is 6.79. The lowest BCUT2D eigenvalue weighted by atomic mass is 9.90. The van der Waals surface area contributed by atoms with Gasteiger partial charge in [-0.25, -0.2) is 18.0 Å². The summed E-state index contributed by atoms with van der Waals surface area (Å²) in [5.74, 6) is -1.28. The topological polar surface area (TPSA) is 59.1 Å². The van der Waals surface area contributed by atoms with Crippen LogP contribution in [0.15, 0.2) is 23.2 Å². The van der Waals surface area contributed by atoms with Gasteiger partial charge in [-0.2, -0.15) is 0 Å². The van der Waals surface area contributed by atoms with Crippen molar-refractivity contribution in [2.45, 2.75) is 76.7 Å². The molecule has 6 nitrogen and oxygen atoms in total. The van der Waals surface area contributed by atoms with Crippen molar-refractivity contribution >= 4 is 12.0 Å². The van der Waals surface area contributed by atoms with Crippen LogP contribution in [0.1, 0.15) is 65.2 Å². The number of carbonyl (C=O) groups is 2. The van der Waals surface area contributed by atoms with Gasteiger partial charge in [-0.1, -0.05) is 6.92 Å². The zero-order valence-electron chi connectivity index (χ0n) is 21.2. The fourth-order valence-electron chi connectivity index (χ4n) is 5.83. The third-order valence-electron chi connectivity index (χ3n) is 8.63. The second kappa shape index (κ2) is 9.60. The molecule has 4 fully saturated rings. The molecular weight excluding hydrogens is 473 g/mol. The minimum atomic E-state index is -2.82. The highest BCUT2D eigenvalue weighted by molar-refractivity contribution is 5.80. The Morgan fingerprint density at radius 2 is 1.83 bits per heavy atom. The van der Waals surface area contributed by atoms with Crippen molar-refractivity contribution in [2.24, 2.45) is 23.7 Å². The molecular formula is C27H37F3N2O4. The van der Waals surface area contributed by atoms with E-state index in [-0.39, 0.29) is 24.0 Å². The van der Waals surface area contributed by atoms with Crippen LogP contribution in [-0.2, 0) is 14.3 Å². The van der Waals surface area contributed by atoms with Gasteiger partial charge in [0, 0.05) is 25.1 Å². The number of allylic oxidation sites excluding steroid dienone is 3. The van der Waals surface area contributed by atoms with Crippen molar-refractivity contribution < 1.29 is 32.2 Å². The lowest BCUT2D eigenvalue weighted by Crippen LogP contribution is -2.58. The maximum absolute atomic E-state index is 14.6. The molecule has 5 aliphatic rings. The third kappa shape index (κ3) is 5.86. The van der Waals surface area contributed by atoms with Gasteiger partial charge >= 0.3 is 6.09 Å². The Balaban J connectivity index is 1.01. The van der Waals surface area contributed by atoms with Crippen molar-refractivity contribution in [1.82, 2.24) is 9.80 Å². The highest BCUT2D eigenvalue weighted by Gasteiger charge is 2.47. The van der Waals surface area contributed by atoms with Crippen molar-refractivity contribution in [3.8, 4) is 0 Å². The minimum Gasteiger partial charge on any atom is -0.498 e. The maximum Gasteiger partial charge on any atom is 0.410 e. The molecule has 0 spiro atoms. The van der Waals surface area contributed by atoms with Gasteiger partial charge in [-0.3, -0.25) is 4.79 Å². The molecule has 5 rings (SSSR count). The molecule has 0 aromatic carbocycles. The summed E-state index contributed by atoms with van der Waals surface area (Å²) < 4.78 is 52.1. The normalized spacial score (nSPS) is 30.9. The molecule has 2 saturated carbocycles. The number of alkyl halides is 2. The van der Waals surface area contributed by atoms with Crippen molar-refractivity contribution in [2.75, 3.05) is 32.8 Å². The molecule has 2 aliphatic heterocycles. The number of hydrogen-bond acceptors (Lipinski definition) is 4. The molecule has 2 heterocycles. The maximum atomic E-state index is 14.6. The van der Waals surface area contributed by atoms with Crippen LogP contribution in [0.4, 0.5) is 18.0 Å². The monoisotopic (exact) mass is 510 g/mol. The third-order valence-corrected chi connectivity index (χ3v) is 8.63. The molecule has 0 radical (unpaired) electrons. The quantitative estimate of drug-likeness (QED) is 0.436. The summed E-state index contributed by atoms with van der Waals surface area (Å²) in [7, 11) is 0. The average molecular weight is 511 g/mol. The first kappa shape index (κ1) is 25.5. The summed E-state index contributed by atoms with van der Waals surface area (Å²) >= 11 is 0. The number of ether oxygens (including phenoxy) is 2. The van der Waals surface area contributed by atoms with Crippen LogP contribution in [0, 0.1) is 23.7 Å². The van der Waals surface area contributed by atoms with E-state index < -0.39 is 30.7 Å². The van der Waals surface area contributed by atoms with Gasteiger partial charge in [-0.15, -0.1) is 0 Å². The molecule has 0 aromatic heterocycles. The molecule has 0 aromatic rings. The molecule has 2 amide bonds. The number of halogens is 3. The van der Waals surface area contributed by atoms with E-state index in [9.17, 15) is 22.8 Å². The van der Waals surface area contributed by atoms with Gasteiger partial charge < -0.3 is 19.3 Å². The Hall–Kier alpha value is -2.19. The van der Waals surface area contributed by atoms with E-state index in [0.29, 0.717) is 42.1 Å². The smallest absolute Gasteiger partial charge is 0.410 e. The van der Waals surface area contributed by atoms with Crippen LogP contribution in [0.25, 0.3) is 0 Å². The summed E-state index contributed by atoms with van der Waals surface area (Å²) in [5, 5.41) is 0. The highest BCUT2D eigenvalue weighted by atomic mass is 19.3. The largest absolute Gasteiger partial charge is 0.498 e. The van der Waals surface area contributed by atoms with E-state index in [4.69, 9.17) is 9.47 Å². The van der Waals surface area contributed by atoms with Gasteiger partial charge in [0.2, 0.25) is 5.91 Å². The number of nitrogens with zero attached hydrogens (tertiary/aromatic N) is 2. The molecule has 3 aliphatic carbocycles. The first-order chi connectivity index (χ1) is 17.0. The highest BCUT2D eigenvalue weighted by Crippen LogP contribution is 2.50. The SMILES string of the molecule is CC1CC(CC(=O)N2CC(F)(F)C2)=C(F)C=C1OCC[C@@H]1C[C@@H]1C1CCN(C(=O)OC2(C)CC2)CC1. The molecule has 0 N–H and O–H groups in total. The van der Waals surface area contributed by atoms with Crippen LogP contribution < -0.4 is 0 Å². The number of hydrogen-bond donors (Lipinski definition) is 0. The van der Waals surface area contributed by atoms with Crippen molar-refractivity contribution in [3.05, 3.63) is 23.2 Å². The van der Waals surface area contributed by atoms with Crippen molar-refractivity contribution in [1.29, 1.82) is 0 Å². The summed E-state index contributed by atoms with van der Waals surface area (Å²) in [6.07, 6.45) is 7.46. The fourth-order valence-corrected chi connectivity index (χ4v) is 5.83. The van der Waals surface area contributed by atoms with E-state index in [0.717, 1.165) is 50.1 Å². The van der Waals surface area contributed by atoms with Crippen LogP contribution in [0.2, 0.25) is 0 Å². The predicted molar refractivity (Wildman–Crippen MR) is 127 cm³/mol. The summed E-state index contributed by atoms with van der Waals surface area (Å²) in [6, 6.07) is 0. The summed E-state index contributed by atoms with van der Waals surface area (Å²) in [6.45, 7) is 4.83. The minimum absolute atomic E-state index is 0.0536. The number of amides is 2. The Morgan fingerprint density at radius 3 is 2.47 bits per heavy atom. The summed E-state index contributed by atoms with van der Waals surface area (Å²) in [5.41, 5.74) is 0.131. The first-order valence-electron chi connectivity index (χ1n) is 13.4. The van der Waals surface area contributed by atoms with Crippen LogP contribution in [-0.4, -0.2) is 66.1 Å². The average Bonchev–Trinajstić information content (AvgIpc) is 3.73. The Bertz CT molecular complexity index is 945. The molecule has 3 atom stereocenters. The van der Waals surface area contributed by atoms with Gasteiger partial charge in [-0.05, 0) is 75.2 Å². The van der Waals surface area contributed by atoms with Crippen LogP contribution in [0.3, 0.4) is 0 Å². The van der Waals surface area contributed by atoms with E-state index in [1.54, 1.807) is 0 Å². The van der Waals surface area contributed by atoms with E-state index in [2.05, 4.69) is 0 Å². The second-order valence-electron chi connectivity index (χ2n) is 11.8. The zero-order valence-corrected chi connectivity index (χ0v) is 21.2. The standard InChI is InChI=1S/C27H37F3N2O4/c1-17-11-20(13-24(33)32-15-27(29,30)16-32)22(28)14-23(17)35-10-5-19-12-21(19)18-3-8-31(9-4-18)25(34)36-26(2)6-7-26/h14,17-19,21H,3-13,15-16H2,1-2H3/t17?,19-,21-/m1/s1. The zero-order chi connectivity index (χ0) is 25.7. The fraction of sp³-hybridized carbons (Fsp3) is 0.778. The first-order valence-corrected chi connectivity index (χ1v) is 13.4. The second-order valence-corrected chi connectivity index (χ2v) is 11.8. The molecule has 1 unspecified atom stereocenters. The lowest BCUT2D eigenvalue weighted by Gasteiger charge is -2.39.